The molecule has 1 saturated heterocycles. The summed E-state index contributed by atoms with van der Waals surface area (Å²) in [7, 11) is 0. The maximum atomic E-state index is 12.4. The average Bonchev–Trinajstić information content (AvgIpc) is 2.64. The van der Waals surface area contributed by atoms with E-state index in [4.69, 9.17) is 0 Å². The van der Waals surface area contributed by atoms with Crippen molar-refractivity contribution in [3.05, 3.63) is 42.5 Å². The first-order valence-electron chi connectivity index (χ1n) is 6.29. The van der Waals surface area contributed by atoms with E-state index in [1.165, 1.54) is 4.90 Å². The van der Waals surface area contributed by atoms with Crippen molar-refractivity contribution in [3.8, 4) is 0 Å². The molecule has 0 spiro atoms. The first-order chi connectivity index (χ1) is 8.70. The average molecular weight is 241 g/mol. The van der Waals surface area contributed by atoms with E-state index in [1.807, 2.05) is 49.4 Å². The molecule has 0 N–H and O–H groups in total. The van der Waals surface area contributed by atoms with Crippen LogP contribution in [0.25, 0.3) is 0 Å². The van der Waals surface area contributed by atoms with Crippen molar-refractivity contribution in [2.45, 2.75) is 13.3 Å². The van der Waals surface area contributed by atoms with Gasteiger partial charge in [0, 0.05) is 0 Å². The molecule has 0 radical (unpaired) electrons. The summed E-state index contributed by atoms with van der Waals surface area (Å²) in [5.74, 6) is -0.297. The van der Waals surface area contributed by atoms with Crippen molar-refractivity contribution >= 4 is 17.5 Å². The first kappa shape index (κ1) is 11.2. The standard InChI is InChI=1S/C15H15NO2/c1-10-6-5-9-12-13(10)15(18)16(14(12)17)11-7-3-2-4-8-11/h2-8,10,12-13H,9H2,1H3/t10-,12-,13-/m1/s1. The Hall–Kier alpha value is -1.90. The maximum Gasteiger partial charge on any atom is 0.238 e. The quantitative estimate of drug-likeness (QED) is 0.559. The van der Waals surface area contributed by atoms with E-state index in [2.05, 4.69) is 0 Å². The van der Waals surface area contributed by atoms with Crippen molar-refractivity contribution < 1.29 is 9.59 Å². The van der Waals surface area contributed by atoms with Gasteiger partial charge in [0.2, 0.25) is 11.8 Å². The van der Waals surface area contributed by atoms with Crippen LogP contribution in [-0.2, 0) is 9.59 Å². The summed E-state index contributed by atoms with van der Waals surface area (Å²) >= 11 is 0. The number of para-hydroxylation sites is 1. The second-order valence-corrected chi connectivity index (χ2v) is 5.00. The molecule has 0 unspecified atom stereocenters. The number of anilines is 1. The lowest BCUT2D eigenvalue weighted by molar-refractivity contribution is -0.122. The molecule has 2 aliphatic rings. The molecule has 1 aliphatic carbocycles. The second kappa shape index (κ2) is 4.09. The van der Waals surface area contributed by atoms with Gasteiger partial charge >= 0.3 is 0 Å². The molecule has 1 aliphatic heterocycles. The molecule has 92 valence electrons. The Morgan fingerprint density at radius 2 is 1.83 bits per heavy atom. The smallest absolute Gasteiger partial charge is 0.238 e. The highest BCUT2D eigenvalue weighted by molar-refractivity contribution is 6.22. The van der Waals surface area contributed by atoms with Crippen LogP contribution in [0.5, 0.6) is 0 Å². The number of amides is 2. The Balaban J connectivity index is 2.00. The fourth-order valence-electron chi connectivity index (χ4n) is 2.98. The summed E-state index contributed by atoms with van der Waals surface area (Å²) in [5.41, 5.74) is 0.689. The number of nitrogens with zero attached hydrogens (tertiary/aromatic N) is 1. The molecule has 1 aromatic rings. The summed E-state index contributed by atoms with van der Waals surface area (Å²) in [6, 6.07) is 9.20. The molecule has 1 aromatic carbocycles. The number of hydrogen-bond donors (Lipinski definition) is 0. The van der Waals surface area contributed by atoms with E-state index in [0.29, 0.717) is 12.1 Å². The first-order valence-corrected chi connectivity index (χ1v) is 6.29. The lowest BCUT2D eigenvalue weighted by Crippen LogP contribution is -2.31. The SMILES string of the molecule is C[C@@H]1C=CC[C@H]2C(=O)N(c3ccccc3)C(=O)[C@H]12. The normalized spacial score (nSPS) is 30.7. The Morgan fingerprint density at radius 1 is 1.11 bits per heavy atom. The fraction of sp³-hybridized carbons (Fsp3) is 0.333. The van der Waals surface area contributed by atoms with Crippen LogP contribution in [0.15, 0.2) is 42.5 Å². The minimum absolute atomic E-state index is 0.0481. The van der Waals surface area contributed by atoms with Crippen LogP contribution in [0.4, 0.5) is 5.69 Å². The minimum Gasteiger partial charge on any atom is -0.274 e. The van der Waals surface area contributed by atoms with E-state index >= 15 is 0 Å². The number of carbonyl (C=O) groups is 2. The molecule has 2 amide bonds. The number of imide groups is 1. The van der Waals surface area contributed by atoms with E-state index in [1.54, 1.807) is 0 Å². The summed E-state index contributed by atoms with van der Waals surface area (Å²) in [6.45, 7) is 2.01. The number of benzene rings is 1. The van der Waals surface area contributed by atoms with Crippen LogP contribution in [0, 0.1) is 17.8 Å². The van der Waals surface area contributed by atoms with E-state index in [9.17, 15) is 9.59 Å². The van der Waals surface area contributed by atoms with Gasteiger partial charge in [0.05, 0.1) is 17.5 Å². The molecule has 1 fully saturated rings. The van der Waals surface area contributed by atoms with Crippen LogP contribution in [0.3, 0.4) is 0 Å². The van der Waals surface area contributed by atoms with Gasteiger partial charge < -0.3 is 0 Å². The molecule has 3 atom stereocenters. The van der Waals surface area contributed by atoms with Gasteiger partial charge in [0.15, 0.2) is 0 Å². The van der Waals surface area contributed by atoms with Crippen molar-refractivity contribution in [2.75, 3.05) is 4.90 Å². The summed E-state index contributed by atoms with van der Waals surface area (Å²) in [6.07, 6.45) is 4.75. The molecule has 0 bridgehead atoms. The molecule has 3 heteroatoms. The van der Waals surface area contributed by atoms with Crippen LogP contribution < -0.4 is 4.90 Å². The lowest BCUT2D eigenvalue weighted by Gasteiger charge is -2.22. The van der Waals surface area contributed by atoms with Crippen LogP contribution in [0.1, 0.15) is 13.3 Å². The third-order valence-corrected chi connectivity index (χ3v) is 3.89. The van der Waals surface area contributed by atoms with E-state index < -0.39 is 0 Å². The predicted molar refractivity (Wildman–Crippen MR) is 68.8 cm³/mol. The monoisotopic (exact) mass is 241 g/mol. The third-order valence-electron chi connectivity index (χ3n) is 3.89. The maximum absolute atomic E-state index is 12.4. The topological polar surface area (TPSA) is 37.4 Å². The molecule has 0 aromatic heterocycles. The zero-order valence-corrected chi connectivity index (χ0v) is 10.2. The zero-order valence-electron chi connectivity index (χ0n) is 10.2. The highest BCUT2D eigenvalue weighted by atomic mass is 16.2. The number of allylic oxidation sites excluding steroid dienone is 2. The number of rotatable bonds is 1. The zero-order chi connectivity index (χ0) is 12.7. The Bertz CT molecular complexity index is 521. The third kappa shape index (κ3) is 1.50. The van der Waals surface area contributed by atoms with Crippen LogP contribution in [-0.4, -0.2) is 11.8 Å². The van der Waals surface area contributed by atoms with Gasteiger partial charge in [0.25, 0.3) is 0 Å². The number of fused-ring (bicyclic) bond motifs is 1. The van der Waals surface area contributed by atoms with Gasteiger partial charge in [-0.3, -0.25) is 14.5 Å². The van der Waals surface area contributed by atoms with Gasteiger partial charge in [-0.2, -0.15) is 0 Å². The fourth-order valence-corrected chi connectivity index (χ4v) is 2.98. The van der Waals surface area contributed by atoms with Gasteiger partial charge in [0.1, 0.15) is 0 Å². The molecular formula is C15H15NO2. The molecule has 3 nitrogen and oxygen atoms in total. The van der Waals surface area contributed by atoms with Gasteiger partial charge in [-0.15, -0.1) is 0 Å². The molecule has 1 heterocycles. The largest absolute Gasteiger partial charge is 0.274 e. The Morgan fingerprint density at radius 3 is 2.50 bits per heavy atom. The molecule has 0 saturated carbocycles. The van der Waals surface area contributed by atoms with E-state index in [-0.39, 0.29) is 29.6 Å². The minimum atomic E-state index is -0.178. The molecular weight excluding hydrogens is 226 g/mol. The summed E-state index contributed by atoms with van der Waals surface area (Å²) in [4.78, 5) is 26.2. The Labute approximate surface area is 106 Å². The van der Waals surface area contributed by atoms with Gasteiger partial charge in [-0.25, -0.2) is 0 Å². The second-order valence-electron chi connectivity index (χ2n) is 5.00. The van der Waals surface area contributed by atoms with Crippen molar-refractivity contribution in [1.29, 1.82) is 0 Å². The van der Waals surface area contributed by atoms with Crippen molar-refractivity contribution in [3.63, 3.8) is 0 Å². The predicted octanol–water partition coefficient (Wildman–Crippen LogP) is 2.39. The molecule has 18 heavy (non-hydrogen) atoms. The van der Waals surface area contributed by atoms with Crippen molar-refractivity contribution in [2.24, 2.45) is 17.8 Å². The van der Waals surface area contributed by atoms with Crippen LogP contribution >= 0.6 is 0 Å². The summed E-state index contributed by atoms with van der Waals surface area (Å²) < 4.78 is 0. The van der Waals surface area contributed by atoms with Crippen molar-refractivity contribution in [1.82, 2.24) is 0 Å². The molecule has 3 rings (SSSR count). The van der Waals surface area contributed by atoms with Crippen LogP contribution in [0.2, 0.25) is 0 Å². The lowest BCUT2D eigenvalue weighted by atomic mass is 9.78. The highest BCUT2D eigenvalue weighted by Gasteiger charge is 2.50. The number of carbonyl (C=O) groups excluding carboxylic acids is 2. The van der Waals surface area contributed by atoms with Gasteiger partial charge in [-0.05, 0) is 24.5 Å². The highest BCUT2D eigenvalue weighted by Crippen LogP contribution is 2.40. The van der Waals surface area contributed by atoms with E-state index in [0.717, 1.165) is 0 Å². The Kier molecular flexibility index (Phi) is 2.54. The summed E-state index contributed by atoms with van der Waals surface area (Å²) in [5, 5.41) is 0. The van der Waals surface area contributed by atoms with Gasteiger partial charge in [-0.1, -0.05) is 37.3 Å². The number of hydrogen-bond acceptors (Lipinski definition) is 2.